The molecule has 1 aliphatic rings. The van der Waals surface area contributed by atoms with Gasteiger partial charge in [-0.3, -0.25) is 4.79 Å². The van der Waals surface area contributed by atoms with Gasteiger partial charge in [-0.25, -0.2) is 8.78 Å². The van der Waals surface area contributed by atoms with E-state index in [2.05, 4.69) is 11.9 Å². The van der Waals surface area contributed by atoms with E-state index < -0.39 is 11.6 Å². The highest BCUT2D eigenvalue weighted by atomic mass is 19.1. The third-order valence-electron chi connectivity index (χ3n) is 3.22. The Labute approximate surface area is 124 Å². The van der Waals surface area contributed by atoms with Gasteiger partial charge in [0.1, 0.15) is 17.4 Å². The van der Waals surface area contributed by atoms with Crippen molar-refractivity contribution >= 4 is 5.78 Å². The average Bonchev–Trinajstić information content (AvgIpc) is 2.50. The molecule has 0 aromatic heterocycles. The van der Waals surface area contributed by atoms with Gasteiger partial charge in [0.2, 0.25) is 0 Å². The van der Waals surface area contributed by atoms with Crippen LogP contribution in [0.5, 0.6) is 0 Å². The van der Waals surface area contributed by atoms with Crippen LogP contribution < -0.4 is 5.32 Å². The first-order valence-corrected chi connectivity index (χ1v) is 7.14. The summed E-state index contributed by atoms with van der Waals surface area (Å²) in [5, 5.41) is 3.02. The molecule has 1 N–H and O–H groups in total. The molecule has 4 heteroatoms. The summed E-state index contributed by atoms with van der Waals surface area (Å²) in [5.74, 6) is -0.974. The maximum Gasteiger partial charge on any atom is 0.137 e. The van der Waals surface area contributed by atoms with E-state index >= 15 is 0 Å². The van der Waals surface area contributed by atoms with Gasteiger partial charge >= 0.3 is 0 Å². The predicted molar refractivity (Wildman–Crippen MR) is 80.6 cm³/mol. The smallest absolute Gasteiger partial charge is 0.137 e. The van der Waals surface area contributed by atoms with E-state index in [1.54, 1.807) is 6.08 Å². The van der Waals surface area contributed by atoms with Crippen LogP contribution in [0.4, 0.5) is 8.78 Å². The van der Waals surface area contributed by atoms with E-state index in [4.69, 9.17) is 0 Å². The highest BCUT2D eigenvalue weighted by molar-refractivity contribution is 5.83. The minimum Gasteiger partial charge on any atom is -0.384 e. The summed E-state index contributed by atoms with van der Waals surface area (Å²) >= 11 is 0. The van der Waals surface area contributed by atoms with Crippen molar-refractivity contribution in [3.8, 4) is 0 Å². The van der Waals surface area contributed by atoms with E-state index in [0.29, 0.717) is 19.3 Å². The molecule has 1 aliphatic carbocycles. The Kier molecular flexibility index (Phi) is 6.79. The second-order valence-electron chi connectivity index (χ2n) is 4.48. The fourth-order valence-corrected chi connectivity index (χ4v) is 2.13. The van der Waals surface area contributed by atoms with Crippen LogP contribution in [0.15, 0.2) is 42.1 Å². The lowest BCUT2D eigenvalue weighted by molar-refractivity contribution is -0.118. The maximum absolute atomic E-state index is 13.5. The Morgan fingerprint density at radius 3 is 2.43 bits per heavy atom. The molecular weight excluding hydrogens is 272 g/mol. The molecule has 0 fully saturated rings. The van der Waals surface area contributed by atoms with Crippen LogP contribution in [0.3, 0.4) is 0 Å². The van der Waals surface area contributed by atoms with Gasteiger partial charge in [-0.2, -0.15) is 0 Å². The topological polar surface area (TPSA) is 29.1 Å². The Balaban J connectivity index is 0.00000106. The number of hydrogen-bond donors (Lipinski definition) is 1. The number of hydrogen-bond acceptors (Lipinski definition) is 2. The Hall–Kier alpha value is -1.97. The summed E-state index contributed by atoms with van der Waals surface area (Å²) < 4.78 is 27.0. The largest absolute Gasteiger partial charge is 0.384 e. The van der Waals surface area contributed by atoms with E-state index in [1.807, 2.05) is 13.8 Å². The van der Waals surface area contributed by atoms with Crippen molar-refractivity contribution in [1.29, 1.82) is 0 Å². The van der Waals surface area contributed by atoms with Crippen molar-refractivity contribution in [2.45, 2.75) is 39.7 Å². The van der Waals surface area contributed by atoms with Crippen molar-refractivity contribution in [3.63, 3.8) is 0 Å². The molecule has 21 heavy (non-hydrogen) atoms. The minimum absolute atomic E-state index is 0.00955. The first kappa shape index (κ1) is 17.1. The van der Waals surface area contributed by atoms with Gasteiger partial charge in [0.15, 0.2) is 0 Å². The Morgan fingerprint density at radius 1 is 1.24 bits per heavy atom. The third kappa shape index (κ3) is 4.52. The number of nitrogens with one attached hydrogen (secondary N) is 1. The van der Waals surface area contributed by atoms with Gasteiger partial charge in [-0.15, -0.1) is 0 Å². The van der Waals surface area contributed by atoms with Crippen molar-refractivity contribution in [1.82, 2.24) is 5.32 Å². The van der Waals surface area contributed by atoms with Crippen LogP contribution in [0.25, 0.3) is 0 Å². The number of allylic oxidation sites excluding steroid dienone is 3. The molecule has 0 heterocycles. The molecule has 0 unspecified atom stereocenters. The molecular formula is C17H21F2NO. The number of ketones is 1. The lowest BCUT2D eigenvalue weighted by Crippen LogP contribution is -2.21. The van der Waals surface area contributed by atoms with Crippen LogP contribution in [-0.4, -0.2) is 5.78 Å². The van der Waals surface area contributed by atoms with E-state index in [9.17, 15) is 13.6 Å². The first-order chi connectivity index (χ1) is 10.1. The maximum atomic E-state index is 13.5. The molecule has 0 spiro atoms. The van der Waals surface area contributed by atoms with E-state index in [0.717, 1.165) is 11.3 Å². The van der Waals surface area contributed by atoms with Gasteiger partial charge in [-0.1, -0.05) is 32.6 Å². The van der Waals surface area contributed by atoms with Gasteiger partial charge in [-0.05, 0) is 24.1 Å². The summed E-state index contributed by atoms with van der Waals surface area (Å²) in [7, 11) is 0. The van der Waals surface area contributed by atoms with E-state index in [-0.39, 0.29) is 17.9 Å². The molecule has 0 aliphatic heterocycles. The summed E-state index contributed by atoms with van der Waals surface area (Å²) in [4.78, 5) is 11.3. The quantitative estimate of drug-likeness (QED) is 0.898. The third-order valence-corrected chi connectivity index (χ3v) is 3.22. The molecule has 1 aromatic rings. The van der Waals surface area contributed by atoms with Crippen molar-refractivity contribution in [2.24, 2.45) is 0 Å². The van der Waals surface area contributed by atoms with Crippen LogP contribution in [0.1, 0.15) is 38.7 Å². The number of benzene rings is 1. The SMILES string of the molecule is C=CC1=C(NCc2c(F)cccc2F)CCC(=O)C1.CC. The molecule has 1 aromatic carbocycles. The summed E-state index contributed by atoms with van der Waals surface area (Å²) in [6, 6.07) is 3.79. The van der Waals surface area contributed by atoms with Gasteiger partial charge in [0.05, 0.1) is 0 Å². The van der Waals surface area contributed by atoms with Crippen LogP contribution in [0, 0.1) is 11.6 Å². The fraction of sp³-hybridized carbons (Fsp3) is 0.353. The summed E-state index contributed by atoms with van der Waals surface area (Å²) in [5.41, 5.74) is 1.67. The molecule has 0 amide bonds. The molecule has 0 bridgehead atoms. The van der Waals surface area contributed by atoms with Crippen molar-refractivity contribution in [3.05, 3.63) is 59.3 Å². The second-order valence-corrected chi connectivity index (χ2v) is 4.48. The Bertz CT molecular complexity index is 529. The summed E-state index contributed by atoms with van der Waals surface area (Å²) in [6.07, 6.45) is 2.98. The number of carbonyl (C=O) groups excluding carboxylic acids is 1. The molecule has 0 saturated heterocycles. The first-order valence-electron chi connectivity index (χ1n) is 7.14. The lowest BCUT2D eigenvalue weighted by atomic mass is 9.95. The molecule has 0 atom stereocenters. The zero-order valence-electron chi connectivity index (χ0n) is 12.5. The zero-order chi connectivity index (χ0) is 15.8. The second kappa shape index (κ2) is 8.35. The van der Waals surface area contributed by atoms with Crippen LogP contribution in [-0.2, 0) is 11.3 Å². The highest BCUT2D eigenvalue weighted by Crippen LogP contribution is 2.22. The van der Waals surface area contributed by atoms with Crippen LogP contribution >= 0.6 is 0 Å². The average molecular weight is 293 g/mol. The molecule has 0 saturated carbocycles. The fourth-order valence-electron chi connectivity index (χ4n) is 2.13. The predicted octanol–water partition coefficient (Wildman–Crippen LogP) is 4.27. The Morgan fingerprint density at radius 2 is 1.86 bits per heavy atom. The zero-order valence-corrected chi connectivity index (χ0v) is 12.5. The molecule has 0 radical (unpaired) electrons. The van der Waals surface area contributed by atoms with Crippen molar-refractivity contribution in [2.75, 3.05) is 0 Å². The molecule has 2 nitrogen and oxygen atoms in total. The minimum atomic E-state index is -0.569. The number of Topliss-reactive ketones (excluding diaryl/α,β-unsaturated/α-hetero) is 1. The van der Waals surface area contributed by atoms with Gasteiger partial charge < -0.3 is 5.32 Å². The van der Waals surface area contributed by atoms with Gasteiger partial charge in [0, 0.05) is 30.6 Å². The van der Waals surface area contributed by atoms with Gasteiger partial charge in [0.25, 0.3) is 0 Å². The standard InChI is InChI=1S/C15H15F2NO.C2H6/c1-2-10-8-11(19)6-7-15(10)18-9-12-13(16)4-3-5-14(12)17;1-2/h2-5,18H,1,6-9H2;1-2H3. The summed E-state index contributed by atoms with van der Waals surface area (Å²) in [6.45, 7) is 7.73. The number of halogens is 2. The highest BCUT2D eigenvalue weighted by Gasteiger charge is 2.17. The molecule has 2 rings (SSSR count). The molecule has 114 valence electrons. The number of carbonyl (C=O) groups is 1. The van der Waals surface area contributed by atoms with Crippen molar-refractivity contribution < 1.29 is 13.6 Å². The number of rotatable bonds is 4. The van der Waals surface area contributed by atoms with E-state index in [1.165, 1.54) is 18.2 Å². The van der Waals surface area contributed by atoms with Crippen LogP contribution in [0.2, 0.25) is 0 Å². The lowest BCUT2D eigenvalue weighted by Gasteiger charge is -2.19. The monoisotopic (exact) mass is 293 g/mol. The normalized spacial score (nSPS) is 14.4.